The Morgan fingerprint density at radius 3 is 2.48 bits per heavy atom. The van der Waals surface area contributed by atoms with Crippen molar-refractivity contribution in [3.63, 3.8) is 0 Å². The molecule has 0 aliphatic carbocycles. The Labute approximate surface area is 184 Å². The Hall–Kier alpha value is -2.98. The van der Waals surface area contributed by atoms with Crippen LogP contribution in [-0.4, -0.2) is 8.07 Å². The van der Waals surface area contributed by atoms with Crippen LogP contribution in [0.2, 0.25) is 19.6 Å². The zero-order valence-electron chi connectivity index (χ0n) is 19.9. The molecule has 0 fully saturated rings. The van der Waals surface area contributed by atoms with E-state index in [9.17, 15) is 4.39 Å². The van der Waals surface area contributed by atoms with Crippen LogP contribution < -0.4 is 9.75 Å². The van der Waals surface area contributed by atoms with E-state index in [1.807, 2.05) is 0 Å². The fraction of sp³-hybridized carbons (Fsp3) is 0.222. The molecule has 2 heterocycles. The van der Waals surface area contributed by atoms with Gasteiger partial charge in [-0.2, -0.15) is 4.57 Å². The van der Waals surface area contributed by atoms with Gasteiger partial charge in [0.05, 0.1) is 15.0 Å². The van der Waals surface area contributed by atoms with Crippen LogP contribution in [0.1, 0.15) is 12.5 Å². The molecule has 0 bridgehead atoms. The SMILES string of the molecule is [2H]c1c(F)ccc2c1oc1c(-c3ccc4cc([Si](C)(C)C)ccc4[n+]3C)c(C)c(C)cc12. The molecule has 0 atom stereocenters. The summed E-state index contributed by atoms with van der Waals surface area (Å²) in [5.41, 5.74) is 6.45. The van der Waals surface area contributed by atoms with Gasteiger partial charge < -0.3 is 4.42 Å². The Morgan fingerprint density at radius 1 is 0.968 bits per heavy atom. The summed E-state index contributed by atoms with van der Waals surface area (Å²) in [6.07, 6.45) is 0. The minimum absolute atomic E-state index is 0.193. The molecule has 2 aromatic heterocycles. The van der Waals surface area contributed by atoms with Gasteiger partial charge in [0.1, 0.15) is 24.0 Å². The maximum Gasteiger partial charge on any atom is 0.216 e. The van der Waals surface area contributed by atoms with Gasteiger partial charge in [-0.3, -0.25) is 0 Å². The zero-order chi connectivity index (χ0) is 22.9. The minimum Gasteiger partial charge on any atom is -0.455 e. The van der Waals surface area contributed by atoms with Gasteiger partial charge in [-0.05, 0) is 55.3 Å². The molecular weight excluding hydrogens is 401 g/mol. The molecule has 5 rings (SSSR count). The predicted octanol–water partition coefficient (Wildman–Crippen LogP) is 6.53. The molecule has 3 aromatic carbocycles. The van der Waals surface area contributed by atoms with E-state index in [-0.39, 0.29) is 6.04 Å². The molecule has 5 aromatic rings. The molecular formula is C27H27FNOSi+. The van der Waals surface area contributed by atoms with Gasteiger partial charge >= 0.3 is 0 Å². The summed E-state index contributed by atoms with van der Waals surface area (Å²) < 4.78 is 30.6. The van der Waals surface area contributed by atoms with Crippen molar-refractivity contribution >= 4 is 46.1 Å². The highest BCUT2D eigenvalue weighted by atomic mass is 28.3. The van der Waals surface area contributed by atoms with Gasteiger partial charge in [-0.25, -0.2) is 4.39 Å². The Morgan fingerprint density at radius 2 is 1.74 bits per heavy atom. The fourth-order valence-corrected chi connectivity index (χ4v) is 5.64. The van der Waals surface area contributed by atoms with Gasteiger partial charge in [-0.1, -0.05) is 30.9 Å². The van der Waals surface area contributed by atoms with E-state index in [1.54, 1.807) is 6.07 Å². The normalized spacial score (nSPS) is 12.8. The average Bonchev–Trinajstić information content (AvgIpc) is 3.10. The van der Waals surface area contributed by atoms with Crippen molar-refractivity contribution in [2.75, 3.05) is 0 Å². The highest BCUT2D eigenvalue weighted by Gasteiger charge is 2.24. The molecule has 156 valence electrons. The average molecular weight is 430 g/mol. The molecule has 0 N–H and O–H groups in total. The van der Waals surface area contributed by atoms with E-state index in [2.05, 4.69) is 81.5 Å². The lowest BCUT2D eigenvalue weighted by Crippen LogP contribution is -2.38. The van der Waals surface area contributed by atoms with Crippen molar-refractivity contribution in [1.29, 1.82) is 0 Å². The number of nitrogens with zero attached hydrogens (tertiary/aromatic N) is 1. The van der Waals surface area contributed by atoms with E-state index in [1.165, 1.54) is 16.6 Å². The highest BCUT2D eigenvalue weighted by molar-refractivity contribution is 6.88. The van der Waals surface area contributed by atoms with Crippen LogP contribution in [0.5, 0.6) is 0 Å². The van der Waals surface area contributed by atoms with Crippen molar-refractivity contribution in [2.24, 2.45) is 7.05 Å². The first kappa shape index (κ1) is 18.8. The molecule has 0 unspecified atom stereocenters. The molecule has 0 radical (unpaired) electrons. The third-order valence-corrected chi connectivity index (χ3v) is 8.50. The number of fused-ring (bicyclic) bond motifs is 4. The maximum atomic E-state index is 14.1. The Bertz CT molecular complexity index is 1560. The van der Waals surface area contributed by atoms with Crippen LogP contribution in [-0.2, 0) is 7.05 Å². The van der Waals surface area contributed by atoms with Gasteiger partial charge in [0.25, 0.3) is 0 Å². The topological polar surface area (TPSA) is 17.0 Å². The van der Waals surface area contributed by atoms with Gasteiger partial charge in [0.15, 0.2) is 0 Å². The Balaban J connectivity index is 1.85. The first-order chi connectivity index (χ1) is 15.1. The monoisotopic (exact) mass is 429 g/mol. The number of furan rings is 1. The number of halogens is 1. The molecule has 31 heavy (non-hydrogen) atoms. The molecule has 0 spiro atoms. The second kappa shape index (κ2) is 6.76. The van der Waals surface area contributed by atoms with Gasteiger partial charge in [0, 0.05) is 34.3 Å². The number of hydrogen-bond acceptors (Lipinski definition) is 1. The van der Waals surface area contributed by atoms with Crippen LogP contribution >= 0.6 is 0 Å². The van der Waals surface area contributed by atoms with Gasteiger partial charge in [-0.15, -0.1) is 0 Å². The second-order valence-corrected chi connectivity index (χ2v) is 14.6. The lowest BCUT2D eigenvalue weighted by Gasteiger charge is -2.17. The lowest BCUT2D eigenvalue weighted by molar-refractivity contribution is -0.633. The first-order valence-electron chi connectivity index (χ1n) is 11.1. The molecule has 2 nitrogen and oxygen atoms in total. The fourth-order valence-electron chi connectivity index (χ4n) is 4.47. The quantitative estimate of drug-likeness (QED) is 0.230. The maximum absolute atomic E-state index is 14.1. The zero-order valence-corrected chi connectivity index (χ0v) is 19.9. The summed E-state index contributed by atoms with van der Waals surface area (Å²) in [5, 5.41) is 4.35. The second-order valence-electron chi connectivity index (χ2n) is 9.52. The molecule has 0 saturated heterocycles. The molecule has 4 heteroatoms. The van der Waals surface area contributed by atoms with E-state index in [4.69, 9.17) is 5.79 Å². The predicted molar refractivity (Wildman–Crippen MR) is 130 cm³/mol. The number of aryl methyl sites for hydroxylation is 2. The first-order valence-corrected chi connectivity index (χ1v) is 14.1. The lowest BCUT2D eigenvalue weighted by atomic mass is 9.96. The standard InChI is InChI=1S/C27H27FNOSi/c1-16-13-22-21-10-8-19(28)15-25(21)30-27(22)26(17(16)2)24-11-7-18-14-20(31(4,5)6)9-12-23(18)29(24)3/h7-15H,1-6H3/q+1/i15D. The minimum atomic E-state index is -1.40. The van der Waals surface area contributed by atoms with Crippen molar-refractivity contribution in [3.05, 3.63) is 71.5 Å². The van der Waals surface area contributed by atoms with Gasteiger partial charge in [0.2, 0.25) is 11.2 Å². The summed E-state index contributed by atoms with van der Waals surface area (Å²) in [5.74, 6) is -0.569. The van der Waals surface area contributed by atoms with E-state index in [0.717, 1.165) is 38.7 Å². The van der Waals surface area contributed by atoms with Crippen molar-refractivity contribution < 1.29 is 14.7 Å². The van der Waals surface area contributed by atoms with Crippen LogP contribution in [0.25, 0.3) is 44.1 Å². The van der Waals surface area contributed by atoms with E-state index in [0.29, 0.717) is 11.2 Å². The summed E-state index contributed by atoms with van der Waals surface area (Å²) in [6.45, 7) is 11.3. The van der Waals surface area contributed by atoms with Crippen LogP contribution in [0.4, 0.5) is 4.39 Å². The summed E-state index contributed by atoms with van der Waals surface area (Å²) in [6, 6.07) is 16.1. The molecule has 0 saturated carbocycles. The smallest absolute Gasteiger partial charge is 0.216 e. The number of pyridine rings is 1. The summed E-state index contributed by atoms with van der Waals surface area (Å²) in [7, 11) is 0.681. The molecule has 0 aliphatic rings. The molecule has 0 amide bonds. The number of aromatic nitrogens is 1. The number of benzene rings is 3. The number of hydrogen-bond donors (Lipinski definition) is 0. The van der Waals surface area contributed by atoms with Crippen molar-refractivity contribution in [2.45, 2.75) is 33.5 Å². The highest BCUT2D eigenvalue weighted by Crippen LogP contribution is 2.39. The van der Waals surface area contributed by atoms with Crippen molar-refractivity contribution in [1.82, 2.24) is 0 Å². The van der Waals surface area contributed by atoms with Crippen LogP contribution in [0.3, 0.4) is 0 Å². The third kappa shape index (κ3) is 3.09. The largest absolute Gasteiger partial charge is 0.455 e. The van der Waals surface area contributed by atoms with Crippen LogP contribution in [0, 0.1) is 19.7 Å². The van der Waals surface area contributed by atoms with Crippen LogP contribution in [0.15, 0.2) is 59.0 Å². The van der Waals surface area contributed by atoms with Crippen molar-refractivity contribution in [3.8, 4) is 11.3 Å². The Kier molecular flexibility index (Phi) is 4.09. The summed E-state index contributed by atoms with van der Waals surface area (Å²) in [4.78, 5) is 0. The van der Waals surface area contributed by atoms with E-state index >= 15 is 0 Å². The number of rotatable bonds is 2. The summed E-state index contributed by atoms with van der Waals surface area (Å²) >= 11 is 0. The third-order valence-electron chi connectivity index (χ3n) is 6.46. The molecule has 0 aliphatic heterocycles. The van der Waals surface area contributed by atoms with E-state index < -0.39 is 13.9 Å².